The van der Waals surface area contributed by atoms with E-state index in [0.29, 0.717) is 31.9 Å². The first-order valence-corrected chi connectivity index (χ1v) is 9.69. The van der Waals surface area contributed by atoms with Crippen molar-refractivity contribution in [2.24, 2.45) is 23.7 Å². The van der Waals surface area contributed by atoms with Gasteiger partial charge in [-0.05, 0) is 49.3 Å². The third-order valence-corrected chi connectivity index (χ3v) is 6.62. The van der Waals surface area contributed by atoms with Gasteiger partial charge in [0.1, 0.15) is 0 Å². The molecule has 1 heterocycles. The van der Waals surface area contributed by atoms with Crippen LogP contribution >= 0.6 is 0 Å². The van der Waals surface area contributed by atoms with Gasteiger partial charge in [0.25, 0.3) is 0 Å². The Morgan fingerprint density at radius 3 is 2.25 bits per heavy atom. The summed E-state index contributed by atoms with van der Waals surface area (Å²) in [7, 11) is 0. The molecule has 1 aliphatic heterocycles. The highest BCUT2D eigenvalue weighted by atomic mass is 19.4. The number of carboxylic acids is 1. The summed E-state index contributed by atoms with van der Waals surface area (Å²) in [5.41, 5.74) is -0.194. The first kappa shape index (κ1) is 19.1. The number of fused-ring (bicyclic) bond motifs is 2. The summed E-state index contributed by atoms with van der Waals surface area (Å²) < 4.78 is 38.8. The van der Waals surface area contributed by atoms with Crippen LogP contribution in [0.5, 0.6) is 0 Å². The lowest BCUT2D eigenvalue weighted by Crippen LogP contribution is -2.52. The van der Waals surface area contributed by atoms with E-state index in [9.17, 15) is 27.9 Å². The maximum atomic E-state index is 13.0. The Morgan fingerprint density at radius 1 is 1.00 bits per heavy atom. The average molecular weight is 396 g/mol. The number of aliphatic carboxylic acids is 1. The Kier molecular flexibility index (Phi) is 4.75. The molecular formula is C20H23F3N2O3. The van der Waals surface area contributed by atoms with Crippen molar-refractivity contribution in [3.8, 4) is 0 Å². The molecule has 0 aromatic heterocycles. The molecule has 1 amide bonds. The molecule has 2 bridgehead atoms. The van der Waals surface area contributed by atoms with Crippen LogP contribution in [-0.4, -0.2) is 48.1 Å². The zero-order chi connectivity index (χ0) is 20.1. The third-order valence-electron chi connectivity index (χ3n) is 6.62. The Bertz CT molecular complexity index is 774. The zero-order valence-corrected chi connectivity index (χ0v) is 15.4. The van der Waals surface area contributed by atoms with Gasteiger partial charge in [-0.15, -0.1) is 0 Å². The summed E-state index contributed by atoms with van der Waals surface area (Å²) in [6.07, 6.45) is -1.78. The predicted molar refractivity (Wildman–Crippen MR) is 95.7 cm³/mol. The van der Waals surface area contributed by atoms with Crippen LogP contribution in [-0.2, 0) is 15.8 Å². The van der Waals surface area contributed by atoms with Gasteiger partial charge in [-0.25, -0.2) is 0 Å². The molecule has 0 spiro atoms. The number of benzene rings is 1. The highest BCUT2D eigenvalue weighted by molar-refractivity contribution is 5.86. The highest BCUT2D eigenvalue weighted by Gasteiger charge is 2.54. The number of piperazine rings is 1. The van der Waals surface area contributed by atoms with Gasteiger partial charge in [-0.2, -0.15) is 13.2 Å². The molecule has 3 aliphatic rings. The summed E-state index contributed by atoms with van der Waals surface area (Å²) >= 11 is 0. The minimum atomic E-state index is -4.39. The molecular weight excluding hydrogens is 373 g/mol. The van der Waals surface area contributed by atoms with E-state index in [-0.39, 0.29) is 17.7 Å². The number of hydrogen-bond acceptors (Lipinski definition) is 3. The number of nitrogens with zero attached hydrogens (tertiary/aromatic N) is 2. The van der Waals surface area contributed by atoms with E-state index in [1.54, 1.807) is 11.0 Å². The van der Waals surface area contributed by atoms with Crippen molar-refractivity contribution >= 4 is 17.6 Å². The molecule has 1 saturated heterocycles. The second-order valence-corrected chi connectivity index (χ2v) is 8.08. The van der Waals surface area contributed by atoms with Crippen molar-refractivity contribution in [2.75, 3.05) is 31.1 Å². The van der Waals surface area contributed by atoms with E-state index in [4.69, 9.17) is 0 Å². The van der Waals surface area contributed by atoms with E-state index < -0.39 is 29.5 Å². The van der Waals surface area contributed by atoms with Crippen molar-refractivity contribution in [3.05, 3.63) is 29.8 Å². The topological polar surface area (TPSA) is 60.9 Å². The Hall–Kier alpha value is -2.25. The lowest BCUT2D eigenvalue weighted by atomic mass is 9.78. The van der Waals surface area contributed by atoms with Crippen molar-refractivity contribution in [1.82, 2.24) is 4.90 Å². The molecule has 28 heavy (non-hydrogen) atoms. The molecule has 4 atom stereocenters. The van der Waals surface area contributed by atoms with Crippen molar-refractivity contribution in [3.63, 3.8) is 0 Å². The lowest BCUT2D eigenvalue weighted by Gasteiger charge is -2.39. The summed E-state index contributed by atoms with van der Waals surface area (Å²) in [6, 6.07) is 5.21. The van der Waals surface area contributed by atoms with E-state index in [2.05, 4.69) is 0 Å². The second-order valence-electron chi connectivity index (χ2n) is 8.08. The molecule has 1 aromatic carbocycles. The molecule has 8 heteroatoms. The smallest absolute Gasteiger partial charge is 0.416 e. The van der Waals surface area contributed by atoms with E-state index in [1.807, 2.05) is 4.90 Å². The SMILES string of the molecule is O=C(O)[C@@H]1[C@H]2CC[C@@H](C2)[C@H]1C(=O)N1CCN(c2cccc(C(F)(F)F)c2)CC1. The fraction of sp³-hybridized carbons (Fsp3) is 0.600. The molecule has 0 radical (unpaired) electrons. The first-order chi connectivity index (χ1) is 13.3. The van der Waals surface area contributed by atoms with Gasteiger partial charge in [-0.3, -0.25) is 9.59 Å². The normalized spacial score (nSPS) is 30.0. The Balaban J connectivity index is 1.42. The van der Waals surface area contributed by atoms with Crippen molar-refractivity contribution in [1.29, 1.82) is 0 Å². The molecule has 152 valence electrons. The largest absolute Gasteiger partial charge is 0.481 e. The number of hydrogen-bond donors (Lipinski definition) is 1. The Morgan fingerprint density at radius 2 is 1.64 bits per heavy atom. The molecule has 1 N–H and O–H groups in total. The van der Waals surface area contributed by atoms with Crippen LogP contribution in [0.15, 0.2) is 24.3 Å². The highest BCUT2D eigenvalue weighted by Crippen LogP contribution is 2.53. The summed E-state index contributed by atoms with van der Waals surface area (Å²) in [5.74, 6) is -1.76. The number of carbonyl (C=O) groups excluding carboxylic acids is 1. The fourth-order valence-corrected chi connectivity index (χ4v) is 5.28. The number of rotatable bonds is 3. The van der Waals surface area contributed by atoms with Crippen molar-refractivity contribution < 1.29 is 27.9 Å². The van der Waals surface area contributed by atoms with Crippen LogP contribution in [0.1, 0.15) is 24.8 Å². The van der Waals surface area contributed by atoms with Gasteiger partial charge >= 0.3 is 12.1 Å². The molecule has 2 aliphatic carbocycles. The van der Waals surface area contributed by atoms with Crippen LogP contribution in [0.3, 0.4) is 0 Å². The summed E-state index contributed by atoms with van der Waals surface area (Å²) in [5, 5.41) is 9.56. The van der Waals surface area contributed by atoms with Crippen LogP contribution < -0.4 is 4.90 Å². The van der Waals surface area contributed by atoms with Gasteiger partial charge in [0.05, 0.1) is 17.4 Å². The fourth-order valence-electron chi connectivity index (χ4n) is 5.28. The van der Waals surface area contributed by atoms with E-state index >= 15 is 0 Å². The standard InChI is InChI=1S/C20H23F3N2O3/c21-20(22,23)14-2-1-3-15(11-14)24-6-8-25(9-7-24)18(26)16-12-4-5-13(10-12)17(16)19(27)28/h1-3,11-13,16-17H,4-10H2,(H,27,28)/t12-,13-,16+,17+/m0/s1. The molecule has 2 saturated carbocycles. The van der Waals surface area contributed by atoms with Crippen LogP contribution in [0.4, 0.5) is 18.9 Å². The van der Waals surface area contributed by atoms with Gasteiger partial charge < -0.3 is 14.9 Å². The monoisotopic (exact) mass is 396 g/mol. The Labute approximate surface area is 161 Å². The molecule has 1 aromatic rings. The molecule has 4 rings (SSSR count). The number of halogens is 3. The van der Waals surface area contributed by atoms with Crippen LogP contribution in [0.2, 0.25) is 0 Å². The minimum absolute atomic E-state index is 0.0942. The molecule has 5 nitrogen and oxygen atoms in total. The third kappa shape index (κ3) is 3.33. The summed E-state index contributed by atoms with van der Waals surface area (Å²) in [6.45, 7) is 1.67. The quantitative estimate of drug-likeness (QED) is 0.853. The van der Waals surface area contributed by atoms with Crippen molar-refractivity contribution in [2.45, 2.75) is 25.4 Å². The van der Waals surface area contributed by atoms with Gasteiger partial charge in [-0.1, -0.05) is 6.07 Å². The molecule has 0 unspecified atom stereocenters. The zero-order valence-electron chi connectivity index (χ0n) is 15.4. The van der Waals surface area contributed by atoms with E-state index in [1.165, 1.54) is 6.07 Å². The lowest BCUT2D eigenvalue weighted by molar-refractivity contribution is -0.153. The van der Waals surface area contributed by atoms with Crippen LogP contribution in [0.25, 0.3) is 0 Å². The maximum absolute atomic E-state index is 13.0. The maximum Gasteiger partial charge on any atom is 0.416 e. The number of amides is 1. The van der Waals surface area contributed by atoms with E-state index in [0.717, 1.165) is 31.4 Å². The minimum Gasteiger partial charge on any atom is -0.481 e. The average Bonchev–Trinajstić information content (AvgIpc) is 3.28. The number of carbonyl (C=O) groups is 2. The first-order valence-electron chi connectivity index (χ1n) is 9.69. The number of alkyl halides is 3. The van der Waals surface area contributed by atoms with Gasteiger partial charge in [0.2, 0.25) is 5.91 Å². The number of carboxylic acid groups (broad SMARTS) is 1. The molecule has 3 fully saturated rings. The number of anilines is 1. The predicted octanol–water partition coefficient (Wildman–Crippen LogP) is 3.10. The van der Waals surface area contributed by atoms with Gasteiger partial charge in [0, 0.05) is 31.9 Å². The van der Waals surface area contributed by atoms with Gasteiger partial charge in [0.15, 0.2) is 0 Å². The second kappa shape index (κ2) is 6.97. The summed E-state index contributed by atoms with van der Waals surface area (Å²) in [4.78, 5) is 28.2. The van der Waals surface area contributed by atoms with Crippen LogP contribution in [0, 0.1) is 23.7 Å².